The molecule has 1 aromatic rings. The number of nitrogens with zero attached hydrogens (tertiary/aromatic N) is 3. The van der Waals surface area contributed by atoms with E-state index in [0.29, 0.717) is 17.8 Å². The van der Waals surface area contributed by atoms with Gasteiger partial charge in [0.25, 0.3) is 5.91 Å². The Bertz CT molecular complexity index is 547. The molecule has 0 N–H and O–H groups in total. The molecule has 0 bridgehead atoms. The van der Waals surface area contributed by atoms with Crippen LogP contribution in [-0.4, -0.2) is 33.9 Å². The monoisotopic (exact) mass is 295 g/mol. The minimum atomic E-state index is -0.370. The number of aryl methyl sites for hydroxylation is 1. The van der Waals surface area contributed by atoms with E-state index in [9.17, 15) is 9.59 Å². The van der Waals surface area contributed by atoms with E-state index in [-0.39, 0.29) is 17.9 Å². The molecule has 6 heteroatoms. The van der Waals surface area contributed by atoms with Crippen LogP contribution in [0.1, 0.15) is 39.0 Å². The van der Waals surface area contributed by atoms with Gasteiger partial charge in [0.1, 0.15) is 6.04 Å². The lowest BCUT2D eigenvalue weighted by atomic mass is 10.0. The minimum Gasteiger partial charge on any atom is -0.331 e. The topological polar surface area (TPSA) is 54.7 Å². The SMILES string of the molecule is CCCC(=O)N1CCCCC1C(=O)N=c1sccn1C. The fourth-order valence-electron chi connectivity index (χ4n) is 2.45. The Morgan fingerprint density at radius 3 is 2.90 bits per heavy atom. The predicted octanol–water partition coefficient (Wildman–Crippen LogP) is 1.70. The molecular weight excluding hydrogens is 274 g/mol. The van der Waals surface area contributed by atoms with E-state index in [1.54, 1.807) is 4.90 Å². The molecule has 110 valence electrons. The molecule has 20 heavy (non-hydrogen) atoms. The molecular formula is C14H21N3O2S. The average Bonchev–Trinajstić information content (AvgIpc) is 2.84. The van der Waals surface area contributed by atoms with Crippen molar-refractivity contribution in [3.63, 3.8) is 0 Å². The highest BCUT2D eigenvalue weighted by atomic mass is 32.1. The van der Waals surface area contributed by atoms with Gasteiger partial charge in [-0.25, -0.2) is 0 Å². The largest absolute Gasteiger partial charge is 0.331 e. The molecule has 2 amide bonds. The van der Waals surface area contributed by atoms with Gasteiger partial charge < -0.3 is 9.47 Å². The fraction of sp³-hybridized carbons (Fsp3) is 0.643. The van der Waals surface area contributed by atoms with Gasteiger partial charge in [0.15, 0.2) is 4.80 Å². The maximum atomic E-state index is 12.4. The summed E-state index contributed by atoms with van der Waals surface area (Å²) in [6.45, 7) is 2.66. The molecule has 0 aliphatic carbocycles. The van der Waals surface area contributed by atoms with Crippen LogP contribution in [0.3, 0.4) is 0 Å². The van der Waals surface area contributed by atoms with Gasteiger partial charge in [0.2, 0.25) is 5.91 Å². The molecule has 0 radical (unpaired) electrons. The van der Waals surface area contributed by atoms with Gasteiger partial charge in [-0.15, -0.1) is 11.3 Å². The average molecular weight is 295 g/mol. The number of hydrogen-bond acceptors (Lipinski definition) is 3. The van der Waals surface area contributed by atoms with Crippen molar-refractivity contribution in [1.82, 2.24) is 9.47 Å². The zero-order chi connectivity index (χ0) is 14.5. The quantitative estimate of drug-likeness (QED) is 0.852. The van der Waals surface area contributed by atoms with Gasteiger partial charge in [0.05, 0.1) is 0 Å². The first-order valence-corrected chi connectivity index (χ1v) is 7.99. The number of carbonyl (C=O) groups excluding carboxylic acids is 2. The fourth-order valence-corrected chi connectivity index (χ4v) is 3.18. The molecule has 1 saturated heterocycles. The second kappa shape index (κ2) is 6.83. The smallest absolute Gasteiger partial charge is 0.271 e. The highest BCUT2D eigenvalue weighted by Gasteiger charge is 2.31. The van der Waals surface area contributed by atoms with Crippen LogP contribution in [0.25, 0.3) is 0 Å². The predicted molar refractivity (Wildman–Crippen MR) is 78.1 cm³/mol. The number of aromatic nitrogens is 1. The maximum absolute atomic E-state index is 12.4. The lowest BCUT2D eigenvalue weighted by Gasteiger charge is -2.33. The van der Waals surface area contributed by atoms with Crippen LogP contribution in [0.15, 0.2) is 16.6 Å². The van der Waals surface area contributed by atoms with E-state index < -0.39 is 0 Å². The van der Waals surface area contributed by atoms with Gasteiger partial charge in [0, 0.05) is 31.6 Å². The molecule has 1 fully saturated rings. The molecule has 1 atom stereocenters. The van der Waals surface area contributed by atoms with E-state index in [1.807, 2.05) is 30.1 Å². The van der Waals surface area contributed by atoms with Crippen molar-refractivity contribution < 1.29 is 9.59 Å². The van der Waals surface area contributed by atoms with Crippen LogP contribution in [0.4, 0.5) is 0 Å². The van der Waals surface area contributed by atoms with Crippen LogP contribution in [0, 0.1) is 0 Å². The summed E-state index contributed by atoms with van der Waals surface area (Å²) in [4.78, 5) is 31.1. The van der Waals surface area contributed by atoms with Crippen molar-refractivity contribution in [3.8, 4) is 0 Å². The second-order valence-corrected chi connectivity index (χ2v) is 5.97. The Morgan fingerprint density at radius 2 is 2.25 bits per heavy atom. The number of thiazole rings is 1. The third kappa shape index (κ3) is 3.36. The standard InChI is InChI=1S/C14H21N3O2S/c1-3-6-12(18)17-8-5-4-7-11(17)13(19)15-14-16(2)9-10-20-14/h9-11H,3-8H2,1-2H3. The minimum absolute atomic E-state index is 0.0799. The Kier molecular flexibility index (Phi) is 5.11. The van der Waals surface area contributed by atoms with Crippen molar-refractivity contribution >= 4 is 23.2 Å². The first-order valence-electron chi connectivity index (χ1n) is 7.11. The summed E-state index contributed by atoms with van der Waals surface area (Å²) in [7, 11) is 1.86. The van der Waals surface area contributed by atoms with Gasteiger partial charge >= 0.3 is 0 Å². The number of likely N-dealkylation sites (tertiary alicyclic amines) is 1. The van der Waals surface area contributed by atoms with Crippen molar-refractivity contribution in [3.05, 3.63) is 16.4 Å². The zero-order valence-corrected chi connectivity index (χ0v) is 12.9. The summed E-state index contributed by atoms with van der Waals surface area (Å²) in [5.74, 6) is -0.108. The number of hydrogen-bond donors (Lipinski definition) is 0. The van der Waals surface area contributed by atoms with Gasteiger partial charge in [-0.3, -0.25) is 9.59 Å². The highest BCUT2D eigenvalue weighted by Crippen LogP contribution is 2.19. The van der Waals surface area contributed by atoms with E-state index in [2.05, 4.69) is 4.99 Å². The maximum Gasteiger partial charge on any atom is 0.271 e. The van der Waals surface area contributed by atoms with E-state index >= 15 is 0 Å². The molecule has 1 aliphatic rings. The molecule has 0 aromatic carbocycles. The van der Waals surface area contributed by atoms with Crippen molar-refractivity contribution in [2.45, 2.75) is 45.1 Å². The Morgan fingerprint density at radius 1 is 1.45 bits per heavy atom. The summed E-state index contributed by atoms with van der Waals surface area (Å²) in [5.41, 5.74) is 0. The molecule has 1 unspecified atom stereocenters. The highest BCUT2D eigenvalue weighted by molar-refractivity contribution is 7.07. The molecule has 0 spiro atoms. The third-order valence-corrected chi connectivity index (χ3v) is 4.39. The number of amides is 2. The molecule has 1 aromatic heterocycles. The molecule has 2 heterocycles. The first kappa shape index (κ1) is 15.0. The Balaban J connectivity index is 2.18. The van der Waals surface area contributed by atoms with E-state index in [1.165, 1.54) is 11.3 Å². The molecule has 0 saturated carbocycles. The lowest BCUT2D eigenvalue weighted by Crippen LogP contribution is -2.47. The summed E-state index contributed by atoms with van der Waals surface area (Å²) in [6.07, 6.45) is 5.89. The molecule has 1 aliphatic heterocycles. The summed E-state index contributed by atoms with van der Waals surface area (Å²) in [5, 5.41) is 1.90. The second-order valence-electron chi connectivity index (χ2n) is 5.10. The van der Waals surface area contributed by atoms with Crippen LogP contribution in [0.2, 0.25) is 0 Å². The lowest BCUT2D eigenvalue weighted by molar-refractivity contribution is -0.141. The summed E-state index contributed by atoms with van der Waals surface area (Å²) < 4.78 is 1.82. The number of carbonyl (C=O) groups is 2. The molecule has 2 rings (SSSR count). The van der Waals surface area contributed by atoms with Gasteiger partial charge in [-0.05, 0) is 25.7 Å². The van der Waals surface area contributed by atoms with Crippen LogP contribution in [0.5, 0.6) is 0 Å². The van der Waals surface area contributed by atoms with Crippen LogP contribution < -0.4 is 4.80 Å². The molecule has 5 nitrogen and oxygen atoms in total. The third-order valence-electron chi connectivity index (χ3n) is 3.54. The van der Waals surface area contributed by atoms with Crippen molar-refractivity contribution in [2.75, 3.05) is 6.54 Å². The summed E-state index contributed by atoms with van der Waals surface area (Å²) in [6, 6.07) is -0.370. The van der Waals surface area contributed by atoms with E-state index in [4.69, 9.17) is 0 Å². The Hall–Kier alpha value is -1.43. The van der Waals surface area contributed by atoms with Gasteiger partial charge in [-0.1, -0.05) is 6.92 Å². The van der Waals surface area contributed by atoms with E-state index in [0.717, 1.165) is 25.7 Å². The first-order chi connectivity index (χ1) is 9.63. The van der Waals surface area contributed by atoms with Gasteiger partial charge in [-0.2, -0.15) is 4.99 Å². The van der Waals surface area contributed by atoms with Crippen molar-refractivity contribution in [1.29, 1.82) is 0 Å². The zero-order valence-electron chi connectivity index (χ0n) is 12.0. The normalized spacial score (nSPS) is 20.2. The Labute approximate surface area is 122 Å². The van der Waals surface area contributed by atoms with Crippen LogP contribution >= 0.6 is 11.3 Å². The summed E-state index contributed by atoms with van der Waals surface area (Å²) >= 11 is 1.43. The van der Waals surface area contributed by atoms with Crippen molar-refractivity contribution in [2.24, 2.45) is 12.0 Å². The number of piperidine rings is 1. The van der Waals surface area contributed by atoms with Crippen LogP contribution in [-0.2, 0) is 16.6 Å². The number of rotatable bonds is 3.